The van der Waals surface area contributed by atoms with Crippen LogP contribution in [0.3, 0.4) is 0 Å². The first-order chi connectivity index (χ1) is 14.6. The minimum atomic E-state index is -0.0616. The second kappa shape index (κ2) is 9.04. The maximum absolute atomic E-state index is 12.7. The molecule has 30 heavy (non-hydrogen) atoms. The number of hydrogen-bond acceptors (Lipinski definition) is 4. The predicted octanol–water partition coefficient (Wildman–Crippen LogP) is 4.26. The summed E-state index contributed by atoms with van der Waals surface area (Å²) in [5, 5.41) is 4.27. The molecule has 0 saturated heterocycles. The largest absolute Gasteiger partial charge is 0.349 e. The van der Waals surface area contributed by atoms with E-state index in [4.69, 9.17) is 0 Å². The van der Waals surface area contributed by atoms with Crippen LogP contribution in [0.5, 0.6) is 0 Å². The molecule has 1 aliphatic rings. The smallest absolute Gasteiger partial charge is 0.262 e. The van der Waals surface area contributed by atoms with E-state index in [0.29, 0.717) is 22.6 Å². The molecule has 156 valence electrons. The second-order valence-electron chi connectivity index (χ2n) is 7.77. The van der Waals surface area contributed by atoms with Crippen molar-refractivity contribution in [3.63, 3.8) is 0 Å². The Morgan fingerprint density at radius 3 is 2.73 bits per heavy atom. The number of para-hydroxylation sites is 1. The van der Waals surface area contributed by atoms with Gasteiger partial charge in [0, 0.05) is 6.54 Å². The minimum absolute atomic E-state index is 0.0525. The number of nitrogens with one attached hydrogen (secondary N) is 1. The van der Waals surface area contributed by atoms with E-state index in [1.165, 1.54) is 35.7 Å². The average Bonchev–Trinajstić information content (AvgIpc) is 2.77. The van der Waals surface area contributed by atoms with Crippen LogP contribution >= 0.6 is 11.8 Å². The summed E-state index contributed by atoms with van der Waals surface area (Å²) >= 11 is 1.31. The summed E-state index contributed by atoms with van der Waals surface area (Å²) in [5.74, 6) is 0.162. The van der Waals surface area contributed by atoms with Gasteiger partial charge in [0.05, 0.1) is 22.7 Å². The van der Waals surface area contributed by atoms with E-state index in [-0.39, 0.29) is 23.3 Å². The SMILES string of the molecule is CCn1c(SCC(=O)N[C@H](C)c2ccc3c(c2)CCCC3)nc2ccccc2c1=O. The molecule has 1 heterocycles. The number of fused-ring (bicyclic) bond motifs is 2. The van der Waals surface area contributed by atoms with E-state index in [0.717, 1.165) is 18.4 Å². The van der Waals surface area contributed by atoms with E-state index in [1.54, 1.807) is 10.6 Å². The van der Waals surface area contributed by atoms with Gasteiger partial charge in [0.1, 0.15) is 0 Å². The van der Waals surface area contributed by atoms with Crippen molar-refractivity contribution in [2.45, 2.75) is 57.3 Å². The lowest BCUT2D eigenvalue weighted by atomic mass is 9.89. The Labute approximate surface area is 180 Å². The molecule has 0 fully saturated rings. The Hall–Kier alpha value is -2.60. The Kier molecular flexibility index (Phi) is 6.23. The average molecular weight is 422 g/mol. The summed E-state index contributed by atoms with van der Waals surface area (Å²) in [5.41, 5.74) is 4.61. The molecular formula is C24H27N3O2S. The van der Waals surface area contributed by atoms with Gasteiger partial charge in [-0.05, 0) is 68.4 Å². The monoisotopic (exact) mass is 421 g/mol. The fraction of sp³-hybridized carbons (Fsp3) is 0.375. The van der Waals surface area contributed by atoms with Crippen molar-refractivity contribution >= 4 is 28.6 Å². The first kappa shape index (κ1) is 20.7. The van der Waals surface area contributed by atoms with Gasteiger partial charge >= 0.3 is 0 Å². The van der Waals surface area contributed by atoms with Crippen LogP contribution in [0.4, 0.5) is 0 Å². The molecule has 0 saturated carbocycles. The number of rotatable bonds is 6. The van der Waals surface area contributed by atoms with Crippen LogP contribution in [0.1, 0.15) is 49.4 Å². The minimum Gasteiger partial charge on any atom is -0.349 e. The van der Waals surface area contributed by atoms with Gasteiger partial charge in [0.25, 0.3) is 5.56 Å². The Morgan fingerprint density at radius 1 is 1.17 bits per heavy atom. The lowest BCUT2D eigenvalue weighted by molar-refractivity contribution is -0.119. The molecule has 4 rings (SSSR count). The first-order valence-electron chi connectivity index (χ1n) is 10.6. The van der Waals surface area contributed by atoms with Gasteiger partial charge in [0.15, 0.2) is 5.16 Å². The van der Waals surface area contributed by atoms with Gasteiger partial charge < -0.3 is 5.32 Å². The van der Waals surface area contributed by atoms with Gasteiger partial charge in [-0.1, -0.05) is 42.1 Å². The summed E-state index contributed by atoms with van der Waals surface area (Å²) in [4.78, 5) is 29.9. The van der Waals surface area contributed by atoms with Crippen LogP contribution in [0.2, 0.25) is 0 Å². The van der Waals surface area contributed by atoms with Crippen molar-refractivity contribution in [3.05, 3.63) is 69.5 Å². The molecule has 6 heteroatoms. The van der Waals surface area contributed by atoms with Gasteiger partial charge in [-0.3, -0.25) is 14.2 Å². The van der Waals surface area contributed by atoms with Crippen LogP contribution in [-0.2, 0) is 24.2 Å². The standard InChI is InChI=1S/C24H27N3O2S/c1-3-27-23(29)20-10-6-7-11-21(20)26-24(27)30-15-22(28)25-16(2)18-13-12-17-8-4-5-9-19(17)14-18/h6-7,10-14,16H,3-5,8-9,15H2,1-2H3,(H,25,28)/t16-/m1/s1. The third-order valence-corrected chi connectivity index (χ3v) is 6.70. The number of benzene rings is 2. The van der Waals surface area contributed by atoms with Crippen molar-refractivity contribution < 1.29 is 4.79 Å². The highest BCUT2D eigenvalue weighted by Gasteiger charge is 2.16. The molecular weight excluding hydrogens is 394 g/mol. The van der Waals surface area contributed by atoms with Gasteiger partial charge in [0.2, 0.25) is 5.91 Å². The summed E-state index contributed by atoms with van der Waals surface area (Å²) in [6.45, 7) is 4.45. The first-order valence-corrected chi connectivity index (χ1v) is 11.6. The van der Waals surface area contributed by atoms with Crippen LogP contribution in [0.15, 0.2) is 52.4 Å². The Morgan fingerprint density at radius 2 is 1.93 bits per heavy atom. The number of thioether (sulfide) groups is 1. The fourth-order valence-electron chi connectivity index (χ4n) is 4.06. The van der Waals surface area contributed by atoms with Gasteiger partial charge in [-0.15, -0.1) is 0 Å². The number of carbonyl (C=O) groups is 1. The molecule has 5 nitrogen and oxygen atoms in total. The third-order valence-electron chi connectivity index (χ3n) is 5.73. The van der Waals surface area contributed by atoms with Gasteiger partial charge in [-0.25, -0.2) is 4.98 Å². The number of aromatic nitrogens is 2. The summed E-state index contributed by atoms with van der Waals surface area (Å²) < 4.78 is 1.63. The van der Waals surface area contributed by atoms with E-state index < -0.39 is 0 Å². The Balaban J connectivity index is 1.44. The number of nitrogens with zero attached hydrogens (tertiary/aromatic N) is 2. The van der Waals surface area contributed by atoms with E-state index in [1.807, 2.05) is 32.0 Å². The highest BCUT2D eigenvalue weighted by molar-refractivity contribution is 7.99. The summed E-state index contributed by atoms with van der Waals surface area (Å²) in [7, 11) is 0. The van der Waals surface area contributed by atoms with Crippen LogP contribution < -0.4 is 10.9 Å². The summed E-state index contributed by atoms with van der Waals surface area (Å²) in [6.07, 6.45) is 4.79. The maximum Gasteiger partial charge on any atom is 0.262 e. The van der Waals surface area contributed by atoms with Crippen molar-refractivity contribution in [2.75, 3.05) is 5.75 Å². The zero-order chi connectivity index (χ0) is 21.1. The van der Waals surface area contributed by atoms with Crippen LogP contribution in [-0.4, -0.2) is 21.2 Å². The molecule has 1 N–H and O–H groups in total. The van der Waals surface area contributed by atoms with Crippen molar-refractivity contribution in [1.82, 2.24) is 14.9 Å². The quantitative estimate of drug-likeness (QED) is 0.477. The van der Waals surface area contributed by atoms with E-state index >= 15 is 0 Å². The lowest BCUT2D eigenvalue weighted by Crippen LogP contribution is -2.29. The van der Waals surface area contributed by atoms with Crippen molar-refractivity contribution in [2.24, 2.45) is 0 Å². The highest BCUT2D eigenvalue weighted by atomic mass is 32.2. The van der Waals surface area contributed by atoms with Crippen LogP contribution in [0.25, 0.3) is 10.9 Å². The van der Waals surface area contributed by atoms with E-state index in [9.17, 15) is 9.59 Å². The number of carbonyl (C=O) groups excluding carboxylic acids is 1. The number of amides is 1. The molecule has 1 amide bonds. The molecule has 0 aliphatic heterocycles. The summed E-state index contributed by atoms with van der Waals surface area (Å²) in [6, 6.07) is 13.9. The molecule has 3 aromatic rings. The number of hydrogen-bond donors (Lipinski definition) is 1. The highest BCUT2D eigenvalue weighted by Crippen LogP contribution is 2.25. The van der Waals surface area contributed by atoms with Gasteiger partial charge in [-0.2, -0.15) is 0 Å². The van der Waals surface area contributed by atoms with E-state index in [2.05, 4.69) is 28.5 Å². The molecule has 0 unspecified atom stereocenters. The van der Waals surface area contributed by atoms with Crippen molar-refractivity contribution in [3.8, 4) is 0 Å². The zero-order valence-corrected chi connectivity index (χ0v) is 18.3. The molecule has 0 radical (unpaired) electrons. The normalized spacial score (nSPS) is 14.3. The maximum atomic E-state index is 12.7. The van der Waals surface area contributed by atoms with Crippen LogP contribution in [0, 0.1) is 0 Å². The number of aryl methyl sites for hydroxylation is 2. The lowest BCUT2D eigenvalue weighted by Gasteiger charge is -2.20. The molecule has 0 bridgehead atoms. The Bertz CT molecular complexity index is 1140. The molecule has 1 aromatic heterocycles. The topological polar surface area (TPSA) is 64.0 Å². The molecule has 1 atom stereocenters. The second-order valence-corrected chi connectivity index (χ2v) is 8.72. The predicted molar refractivity (Wildman–Crippen MR) is 122 cm³/mol. The molecule has 1 aliphatic carbocycles. The molecule has 2 aromatic carbocycles. The van der Waals surface area contributed by atoms with Crippen molar-refractivity contribution in [1.29, 1.82) is 0 Å². The molecule has 0 spiro atoms. The zero-order valence-electron chi connectivity index (χ0n) is 17.5. The third kappa shape index (κ3) is 4.29. The fourth-order valence-corrected chi connectivity index (χ4v) is 4.93.